The molecule has 1 aromatic carbocycles. The Morgan fingerprint density at radius 1 is 1.20 bits per heavy atom. The van der Waals surface area contributed by atoms with Gasteiger partial charge in [0.25, 0.3) is 0 Å². The Morgan fingerprint density at radius 2 is 2.05 bits per heavy atom. The smallest absolute Gasteiger partial charge is 0.137 e. The molecule has 1 aromatic heterocycles. The highest BCUT2D eigenvalue weighted by Crippen LogP contribution is 2.34. The third-order valence-electron chi connectivity index (χ3n) is 3.41. The molecule has 0 saturated carbocycles. The fourth-order valence-corrected chi connectivity index (χ4v) is 3.37. The van der Waals surface area contributed by atoms with E-state index >= 15 is 0 Å². The quantitative estimate of drug-likeness (QED) is 0.941. The first-order valence-electron chi connectivity index (χ1n) is 6.52. The molecule has 0 unspecified atom stereocenters. The Bertz CT molecular complexity index is 659. The molecule has 0 saturated heterocycles. The summed E-state index contributed by atoms with van der Waals surface area (Å²) in [7, 11) is 0. The van der Waals surface area contributed by atoms with Gasteiger partial charge in [-0.25, -0.2) is 13.8 Å². The van der Waals surface area contributed by atoms with Crippen LogP contribution in [0.25, 0.3) is 0 Å². The van der Waals surface area contributed by atoms with Crippen LogP contribution in [0.15, 0.2) is 34.2 Å². The van der Waals surface area contributed by atoms with E-state index in [1.807, 2.05) is 0 Å². The van der Waals surface area contributed by atoms with E-state index in [4.69, 9.17) is 5.73 Å². The van der Waals surface area contributed by atoms with Crippen LogP contribution in [0, 0.1) is 11.6 Å². The van der Waals surface area contributed by atoms with Crippen molar-refractivity contribution in [1.82, 2.24) is 4.98 Å². The zero-order chi connectivity index (χ0) is 14.1. The third-order valence-corrected chi connectivity index (χ3v) is 4.49. The Labute approximate surface area is 120 Å². The van der Waals surface area contributed by atoms with E-state index in [-0.39, 0.29) is 4.90 Å². The predicted molar refractivity (Wildman–Crippen MR) is 74.6 cm³/mol. The summed E-state index contributed by atoms with van der Waals surface area (Å²) in [5.41, 5.74) is 8.92. The first kappa shape index (κ1) is 13.5. The van der Waals surface area contributed by atoms with Gasteiger partial charge in [0.05, 0.1) is 4.90 Å². The number of benzene rings is 1. The summed E-state index contributed by atoms with van der Waals surface area (Å²) >= 11 is 1.14. The van der Waals surface area contributed by atoms with E-state index in [0.29, 0.717) is 11.6 Å². The predicted octanol–water partition coefficient (Wildman–Crippen LogP) is 3.46. The van der Waals surface area contributed by atoms with E-state index in [1.165, 1.54) is 11.6 Å². The lowest BCUT2D eigenvalue weighted by molar-refractivity contribution is 0.577. The van der Waals surface area contributed by atoms with Crippen LogP contribution in [-0.2, 0) is 19.4 Å². The minimum absolute atomic E-state index is 0.241. The maximum atomic E-state index is 13.7. The molecule has 0 bridgehead atoms. The van der Waals surface area contributed by atoms with Gasteiger partial charge in [-0.05, 0) is 48.6 Å². The Kier molecular flexibility index (Phi) is 3.72. The molecule has 2 nitrogen and oxygen atoms in total. The van der Waals surface area contributed by atoms with Gasteiger partial charge in [-0.15, -0.1) is 0 Å². The minimum atomic E-state index is -0.454. The summed E-state index contributed by atoms with van der Waals surface area (Å²) < 4.78 is 26.9. The van der Waals surface area contributed by atoms with Crippen LogP contribution in [0.5, 0.6) is 0 Å². The Balaban J connectivity index is 1.99. The van der Waals surface area contributed by atoms with Crippen LogP contribution < -0.4 is 5.73 Å². The Hall–Kier alpha value is -1.46. The van der Waals surface area contributed by atoms with Crippen molar-refractivity contribution >= 4 is 11.8 Å². The lowest BCUT2D eigenvalue weighted by atomic mass is 10.1. The zero-order valence-electron chi connectivity index (χ0n) is 10.8. The highest BCUT2D eigenvalue weighted by Gasteiger charge is 2.17. The molecule has 1 aliphatic rings. The van der Waals surface area contributed by atoms with E-state index in [0.717, 1.165) is 54.4 Å². The molecule has 0 fully saturated rings. The van der Waals surface area contributed by atoms with Gasteiger partial charge in [-0.3, -0.25) is 0 Å². The van der Waals surface area contributed by atoms with Crippen LogP contribution in [0.3, 0.4) is 0 Å². The molecule has 1 heterocycles. The van der Waals surface area contributed by atoms with E-state index < -0.39 is 11.6 Å². The number of nitrogens with zero attached hydrogens (tertiary/aromatic N) is 1. The number of nitrogens with two attached hydrogens (primary N) is 1. The van der Waals surface area contributed by atoms with Crippen molar-refractivity contribution in [3.05, 3.63) is 52.7 Å². The van der Waals surface area contributed by atoms with Gasteiger partial charge in [0, 0.05) is 12.2 Å². The first-order valence-corrected chi connectivity index (χ1v) is 7.33. The summed E-state index contributed by atoms with van der Waals surface area (Å²) in [5.74, 6) is -0.897. The van der Waals surface area contributed by atoms with Gasteiger partial charge < -0.3 is 5.73 Å². The van der Waals surface area contributed by atoms with Crippen molar-refractivity contribution in [1.29, 1.82) is 0 Å². The normalized spacial score (nSPS) is 13.6. The molecule has 0 spiro atoms. The van der Waals surface area contributed by atoms with Gasteiger partial charge in [0.1, 0.15) is 16.7 Å². The molecule has 0 atom stereocenters. The molecule has 20 heavy (non-hydrogen) atoms. The number of hydrogen-bond donors (Lipinski definition) is 1. The number of halogens is 2. The SMILES string of the molecule is NCc1cc2c(nc1Sc1cc(F)ccc1F)CCC2. The number of pyridine rings is 1. The summed E-state index contributed by atoms with van der Waals surface area (Å²) in [5, 5.41) is 0.678. The van der Waals surface area contributed by atoms with Crippen molar-refractivity contribution in [2.75, 3.05) is 0 Å². The molecule has 104 valence electrons. The number of aromatic nitrogens is 1. The standard InChI is InChI=1S/C15H14F2N2S/c16-11-4-5-12(17)14(7-11)20-15-10(8-18)6-9-2-1-3-13(9)19-15/h4-7H,1-3,8,18H2. The van der Waals surface area contributed by atoms with E-state index in [9.17, 15) is 8.78 Å². The molecule has 0 radical (unpaired) electrons. The van der Waals surface area contributed by atoms with Crippen molar-refractivity contribution in [2.45, 2.75) is 35.7 Å². The fraction of sp³-hybridized carbons (Fsp3) is 0.267. The highest BCUT2D eigenvalue weighted by atomic mass is 32.2. The summed E-state index contributed by atoms with van der Waals surface area (Å²) in [6.07, 6.45) is 3.06. The van der Waals surface area contributed by atoms with Crippen LogP contribution in [0.2, 0.25) is 0 Å². The van der Waals surface area contributed by atoms with E-state index in [2.05, 4.69) is 11.1 Å². The number of hydrogen-bond acceptors (Lipinski definition) is 3. The third kappa shape index (κ3) is 2.55. The molecular weight excluding hydrogens is 278 g/mol. The molecule has 0 amide bonds. The fourth-order valence-electron chi connectivity index (χ4n) is 2.39. The second-order valence-corrected chi connectivity index (χ2v) is 5.82. The van der Waals surface area contributed by atoms with Gasteiger partial charge in [-0.2, -0.15) is 0 Å². The topological polar surface area (TPSA) is 38.9 Å². The monoisotopic (exact) mass is 292 g/mol. The maximum Gasteiger partial charge on any atom is 0.137 e. The second-order valence-electron chi connectivity index (χ2n) is 4.79. The summed E-state index contributed by atoms with van der Waals surface area (Å²) in [6.45, 7) is 0.347. The number of rotatable bonds is 3. The molecule has 3 rings (SSSR count). The maximum absolute atomic E-state index is 13.7. The van der Waals surface area contributed by atoms with E-state index in [1.54, 1.807) is 0 Å². The molecule has 2 aromatic rings. The van der Waals surface area contributed by atoms with Crippen LogP contribution in [-0.4, -0.2) is 4.98 Å². The van der Waals surface area contributed by atoms with Gasteiger partial charge >= 0.3 is 0 Å². The number of fused-ring (bicyclic) bond motifs is 1. The lowest BCUT2D eigenvalue weighted by Gasteiger charge is -2.10. The molecular formula is C15H14F2N2S. The van der Waals surface area contributed by atoms with Gasteiger partial charge in [0.2, 0.25) is 0 Å². The Morgan fingerprint density at radius 3 is 2.85 bits per heavy atom. The highest BCUT2D eigenvalue weighted by molar-refractivity contribution is 7.99. The van der Waals surface area contributed by atoms with Crippen molar-refractivity contribution < 1.29 is 8.78 Å². The molecule has 1 aliphatic carbocycles. The van der Waals surface area contributed by atoms with Crippen LogP contribution in [0.1, 0.15) is 23.2 Å². The second kappa shape index (κ2) is 5.50. The average Bonchev–Trinajstić information content (AvgIpc) is 2.89. The van der Waals surface area contributed by atoms with Crippen LogP contribution >= 0.6 is 11.8 Å². The van der Waals surface area contributed by atoms with Crippen LogP contribution in [0.4, 0.5) is 8.78 Å². The molecule has 0 aliphatic heterocycles. The molecule has 2 N–H and O–H groups in total. The lowest BCUT2D eigenvalue weighted by Crippen LogP contribution is -2.03. The van der Waals surface area contributed by atoms with Crippen molar-refractivity contribution in [3.63, 3.8) is 0 Å². The first-order chi connectivity index (χ1) is 9.67. The number of aryl methyl sites for hydroxylation is 2. The summed E-state index contributed by atoms with van der Waals surface area (Å²) in [4.78, 5) is 4.82. The largest absolute Gasteiger partial charge is 0.326 e. The van der Waals surface area contributed by atoms with Gasteiger partial charge in [-0.1, -0.05) is 17.8 Å². The van der Waals surface area contributed by atoms with Gasteiger partial charge in [0.15, 0.2) is 0 Å². The minimum Gasteiger partial charge on any atom is -0.326 e. The summed E-state index contributed by atoms with van der Waals surface area (Å²) in [6, 6.07) is 5.48. The van der Waals surface area contributed by atoms with Crippen molar-refractivity contribution in [2.24, 2.45) is 5.73 Å². The van der Waals surface area contributed by atoms with Crippen molar-refractivity contribution in [3.8, 4) is 0 Å². The average molecular weight is 292 g/mol. The zero-order valence-corrected chi connectivity index (χ0v) is 11.6. The molecule has 5 heteroatoms.